The van der Waals surface area contributed by atoms with Crippen molar-refractivity contribution in [1.82, 2.24) is 4.90 Å². The van der Waals surface area contributed by atoms with E-state index in [1.54, 1.807) is 0 Å². The standard InChI is InChI=1S/C18H28N2OS/c1-3-22-16-11-7-8-12-20(13-16)18(21)14(2)17(19)15-9-5-4-6-10-15/h4-6,9-10,14,16-17H,3,7-8,11-13,19H2,1-2H3. The van der Waals surface area contributed by atoms with Crippen LogP contribution in [0.15, 0.2) is 30.3 Å². The van der Waals surface area contributed by atoms with Gasteiger partial charge in [0.15, 0.2) is 0 Å². The van der Waals surface area contributed by atoms with E-state index in [-0.39, 0.29) is 17.9 Å². The Balaban J connectivity index is 2.02. The third-order valence-electron chi connectivity index (χ3n) is 4.45. The van der Waals surface area contributed by atoms with Crippen molar-refractivity contribution >= 4 is 17.7 Å². The van der Waals surface area contributed by atoms with Gasteiger partial charge in [-0.05, 0) is 24.2 Å². The highest BCUT2D eigenvalue weighted by atomic mass is 32.2. The summed E-state index contributed by atoms with van der Waals surface area (Å²) in [5.74, 6) is 1.15. The average molecular weight is 321 g/mol. The second-order valence-corrected chi connectivity index (χ2v) is 7.66. The van der Waals surface area contributed by atoms with Crippen LogP contribution in [-0.4, -0.2) is 34.9 Å². The van der Waals surface area contributed by atoms with Gasteiger partial charge in [0, 0.05) is 24.4 Å². The molecule has 1 saturated heterocycles. The van der Waals surface area contributed by atoms with E-state index in [1.807, 2.05) is 53.9 Å². The number of hydrogen-bond acceptors (Lipinski definition) is 3. The SMILES string of the molecule is CCSC1CCCCN(C(=O)C(C)C(N)c2ccccc2)C1. The first-order chi connectivity index (χ1) is 10.6. The fourth-order valence-electron chi connectivity index (χ4n) is 3.08. The minimum Gasteiger partial charge on any atom is -0.341 e. The molecule has 3 nitrogen and oxygen atoms in total. The maximum atomic E-state index is 12.9. The molecule has 3 atom stereocenters. The van der Waals surface area contributed by atoms with Crippen molar-refractivity contribution in [2.45, 2.75) is 44.4 Å². The maximum absolute atomic E-state index is 12.9. The van der Waals surface area contributed by atoms with Crippen LogP contribution in [0.5, 0.6) is 0 Å². The normalized spacial score (nSPS) is 22.0. The second kappa shape index (κ2) is 8.59. The molecule has 0 aliphatic carbocycles. The van der Waals surface area contributed by atoms with Crippen LogP contribution in [0, 0.1) is 5.92 Å². The lowest BCUT2D eigenvalue weighted by molar-refractivity contribution is -0.135. The number of rotatable bonds is 5. The molecule has 2 rings (SSSR count). The van der Waals surface area contributed by atoms with Gasteiger partial charge in [-0.1, -0.05) is 50.6 Å². The van der Waals surface area contributed by atoms with E-state index in [0.29, 0.717) is 5.25 Å². The number of nitrogens with two attached hydrogens (primary N) is 1. The Labute approximate surface area is 138 Å². The zero-order chi connectivity index (χ0) is 15.9. The number of benzene rings is 1. The van der Waals surface area contributed by atoms with E-state index in [9.17, 15) is 4.79 Å². The predicted octanol–water partition coefficient (Wildman–Crippen LogP) is 3.46. The third-order valence-corrected chi connectivity index (χ3v) is 5.64. The van der Waals surface area contributed by atoms with Crippen LogP contribution in [0.3, 0.4) is 0 Å². The summed E-state index contributed by atoms with van der Waals surface area (Å²) in [4.78, 5) is 14.9. The van der Waals surface area contributed by atoms with Gasteiger partial charge >= 0.3 is 0 Å². The van der Waals surface area contributed by atoms with E-state index in [2.05, 4.69) is 6.92 Å². The quantitative estimate of drug-likeness (QED) is 0.904. The van der Waals surface area contributed by atoms with Crippen molar-refractivity contribution in [2.75, 3.05) is 18.8 Å². The van der Waals surface area contributed by atoms with Gasteiger partial charge in [0.05, 0.1) is 5.92 Å². The first-order valence-corrected chi connectivity index (χ1v) is 9.39. The van der Waals surface area contributed by atoms with Crippen molar-refractivity contribution < 1.29 is 4.79 Å². The van der Waals surface area contributed by atoms with Gasteiger partial charge in [-0.25, -0.2) is 0 Å². The Bertz CT molecular complexity index is 465. The molecule has 1 amide bonds. The highest BCUT2D eigenvalue weighted by Gasteiger charge is 2.29. The van der Waals surface area contributed by atoms with Crippen molar-refractivity contribution in [3.05, 3.63) is 35.9 Å². The van der Waals surface area contributed by atoms with Gasteiger partial charge in [0.1, 0.15) is 0 Å². The number of amides is 1. The van der Waals surface area contributed by atoms with Crippen molar-refractivity contribution in [2.24, 2.45) is 11.7 Å². The monoisotopic (exact) mass is 320 g/mol. The minimum absolute atomic E-state index is 0.173. The molecule has 0 spiro atoms. The molecule has 1 aromatic rings. The fourth-order valence-corrected chi connectivity index (χ4v) is 4.17. The van der Waals surface area contributed by atoms with Crippen molar-refractivity contribution in [3.8, 4) is 0 Å². The molecule has 1 fully saturated rings. The Morgan fingerprint density at radius 2 is 2.09 bits per heavy atom. The molecule has 0 saturated carbocycles. The number of carbonyl (C=O) groups is 1. The molecule has 0 aromatic heterocycles. The summed E-state index contributed by atoms with van der Waals surface area (Å²) in [6, 6.07) is 9.72. The largest absolute Gasteiger partial charge is 0.341 e. The molecule has 22 heavy (non-hydrogen) atoms. The molecule has 1 aliphatic heterocycles. The Hall–Kier alpha value is -1.00. The highest BCUT2D eigenvalue weighted by molar-refractivity contribution is 7.99. The van der Waals surface area contributed by atoms with Crippen LogP contribution in [0.25, 0.3) is 0 Å². The molecule has 0 bridgehead atoms. The molecular weight excluding hydrogens is 292 g/mol. The van der Waals surface area contributed by atoms with E-state index >= 15 is 0 Å². The first kappa shape index (κ1) is 17.4. The van der Waals surface area contributed by atoms with Gasteiger partial charge in [-0.2, -0.15) is 11.8 Å². The topological polar surface area (TPSA) is 46.3 Å². The molecular formula is C18H28N2OS. The van der Waals surface area contributed by atoms with Crippen LogP contribution >= 0.6 is 11.8 Å². The van der Waals surface area contributed by atoms with Crippen LogP contribution in [0.4, 0.5) is 0 Å². The number of carbonyl (C=O) groups excluding carboxylic acids is 1. The summed E-state index contributed by atoms with van der Waals surface area (Å²) in [5, 5.41) is 0.580. The first-order valence-electron chi connectivity index (χ1n) is 8.34. The van der Waals surface area contributed by atoms with Crippen LogP contribution in [-0.2, 0) is 4.79 Å². The predicted molar refractivity (Wildman–Crippen MR) is 94.9 cm³/mol. The molecule has 1 aliphatic rings. The number of nitrogens with zero attached hydrogens (tertiary/aromatic N) is 1. The Morgan fingerprint density at radius 1 is 1.36 bits per heavy atom. The number of thioether (sulfide) groups is 1. The van der Waals surface area contributed by atoms with Crippen molar-refractivity contribution in [1.29, 1.82) is 0 Å². The summed E-state index contributed by atoms with van der Waals surface area (Å²) >= 11 is 1.98. The highest BCUT2D eigenvalue weighted by Crippen LogP contribution is 2.26. The minimum atomic E-state index is -0.228. The lowest BCUT2D eigenvalue weighted by atomic mass is 9.94. The summed E-state index contributed by atoms with van der Waals surface area (Å²) in [6.07, 6.45) is 3.56. The second-order valence-electron chi connectivity index (χ2n) is 6.08. The smallest absolute Gasteiger partial charge is 0.227 e. The zero-order valence-corrected chi connectivity index (χ0v) is 14.5. The third kappa shape index (κ3) is 4.50. The maximum Gasteiger partial charge on any atom is 0.227 e. The number of likely N-dealkylation sites (tertiary alicyclic amines) is 1. The van der Waals surface area contributed by atoms with Crippen LogP contribution in [0.1, 0.15) is 44.7 Å². The Kier molecular flexibility index (Phi) is 6.77. The van der Waals surface area contributed by atoms with E-state index in [4.69, 9.17) is 5.73 Å². The van der Waals surface area contributed by atoms with Crippen molar-refractivity contribution in [3.63, 3.8) is 0 Å². The summed E-state index contributed by atoms with van der Waals surface area (Å²) in [5.41, 5.74) is 7.37. The molecule has 3 unspecified atom stereocenters. The summed E-state index contributed by atoms with van der Waals surface area (Å²) < 4.78 is 0. The van der Waals surface area contributed by atoms with Gasteiger partial charge < -0.3 is 10.6 Å². The summed E-state index contributed by atoms with van der Waals surface area (Å²) in [7, 11) is 0. The van der Waals surface area contributed by atoms with E-state index in [0.717, 1.165) is 30.8 Å². The summed E-state index contributed by atoms with van der Waals surface area (Å²) in [6.45, 7) is 5.91. The van der Waals surface area contributed by atoms with Crippen LogP contribution in [0.2, 0.25) is 0 Å². The lowest BCUT2D eigenvalue weighted by Crippen LogP contribution is -2.42. The van der Waals surface area contributed by atoms with Gasteiger partial charge in [-0.15, -0.1) is 0 Å². The van der Waals surface area contributed by atoms with Gasteiger partial charge in [0.2, 0.25) is 5.91 Å². The fraction of sp³-hybridized carbons (Fsp3) is 0.611. The van der Waals surface area contributed by atoms with Gasteiger partial charge in [0.25, 0.3) is 0 Å². The average Bonchev–Trinajstić information content (AvgIpc) is 2.79. The molecule has 0 radical (unpaired) electrons. The molecule has 1 heterocycles. The van der Waals surface area contributed by atoms with E-state index in [1.165, 1.54) is 12.8 Å². The van der Waals surface area contributed by atoms with Gasteiger partial charge in [-0.3, -0.25) is 4.79 Å². The Morgan fingerprint density at radius 3 is 2.77 bits per heavy atom. The zero-order valence-electron chi connectivity index (χ0n) is 13.7. The van der Waals surface area contributed by atoms with Crippen LogP contribution < -0.4 is 5.73 Å². The molecule has 1 aromatic carbocycles. The molecule has 2 N–H and O–H groups in total. The van der Waals surface area contributed by atoms with E-state index < -0.39 is 0 Å². The molecule has 4 heteroatoms. The molecule has 122 valence electrons. The lowest BCUT2D eigenvalue weighted by Gasteiger charge is -2.29. The number of hydrogen-bond donors (Lipinski definition) is 1.